The van der Waals surface area contributed by atoms with E-state index in [1.54, 1.807) is 31.2 Å². The highest BCUT2D eigenvalue weighted by atomic mass is 35.5. The lowest BCUT2D eigenvalue weighted by atomic mass is 10.0. The molecule has 3 N–H and O–H groups in total. The first-order chi connectivity index (χ1) is 13.9. The molecule has 0 spiro atoms. The fourth-order valence-electron chi connectivity index (χ4n) is 2.88. The summed E-state index contributed by atoms with van der Waals surface area (Å²) in [6.45, 7) is 1.55. The number of fused-ring (bicyclic) bond motifs is 1. The molecule has 0 aliphatic carbocycles. The lowest BCUT2D eigenvalue weighted by Gasteiger charge is -2.15. The van der Waals surface area contributed by atoms with Gasteiger partial charge in [-0.05, 0) is 47.5 Å². The van der Waals surface area contributed by atoms with Gasteiger partial charge in [-0.2, -0.15) is 0 Å². The van der Waals surface area contributed by atoms with E-state index in [4.69, 9.17) is 11.6 Å². The zero-order chi connectivity index (χ0) is 20.8. The number of rotatable bonds is 5. The van der Waals surface area contributed by atoms with Gasteiger partial charge in [0.2, 0.25) is 5.91 Å². The monoisotopic (exact) mass is 409 g/mol. The van der Waals surface area contributed by atoms with Gasteiger partial charge in [0.15, 0.2) is 0 Å². The third-order valence-electron chi connectivity index (χ3n) is 4.41. The number of amides is 3. The summed E-state index contributed by atoms with van der Waals surface area (Å²) in [4.78, 5) is 36.6. The molecule has 0 heterocycles. The van der Waals surface area contributed by atoms with Gasteiger partial charge in [0, 0.05) is 10.6 Å². The first-order valence-corrected chi connectivity index (χ1v) is 9.43. The molecule has 6 nitrogen and oxygen atoms in total. The van der Waals surface area contributed by atoms with Gasteiger partial charge in [-0.3, -0.25) is 25.2 Å². The largest absolute Gasteiger partial charge is 0.344 e. The van der Waals surface area contributed by atoms with E-state index >= 15 is 0 Å². The molecule has 1 atom stereocenters. The molecule has 0 aromatic heterocycles. The van der Waals surface area contributed by atoms with Crippen LogP contribution in [-0.2, 0) is 16.0 Å². The van der Waals surface area contributed by atoms with Crippen molar-refractivity contribution in [1.29, 1.82) is 0 Å². The van der Waals surface area contributed by atoms with Crippen LogP contribution in [0, 0.1) is 0 Å². The van der Waals surface area contributed by atoms with Crippen LogP contribution in [0.25, 0.3) is 10.8 Å². The number of hydrazine groups is 1. The second-order valence-electron chi connectivity index (χ2n) is 6.55. The molecule has 0 aliphatic heterocycles. The molecule has 0 unspecified atom stereocenters. The number of hydrogen-bond acceptors (Lipinski definition) is 3. The molecule has 3 aromatic rings. The highest BCUT2D eigenvalue weighted by molar-refractivity contribution is 6.30. The third-order valence-corrected chi connectivity index (χ3v) is 4.66. The summed E-state index contributed by atoms with van der Waals surface area (Å²) >= 11 is 5.78. The van der Waals surface area contributed by atoms with Crippen molar-refractivity contribution in [2.75, 3.05) is 0 Å². The summed E-state index contributed by atoms with van der Waals surface area (Å²) in [6.07, 6.45) is 0.149. The van der Waals surface area contributed by atoms with Gasteiger partial charge >= 0.3 is 0 Å². The number of carbonyl (C=O) groups is 3. The number of benzene rings is 3. The molecule has 29 heavy (non-hydrogen) atoms. The van der Waals surface area contributed by atoms with Crippen LogP contribution in [0.2, 0.25) is 5.02 Å². The van der Waals surface area contributed by atoms with Crippen molar-refractivity contribution in [2.45, 2.75) is 19.4 Å². The summed E-state index contributed by atoms with van der Waals surface area (Å²) < 4.78 is 0. The van der Waals surface area contributed by atoms with E-state index in [1.165, 1.54) is 0 Å². The van der Waals surface area contributed by atoms with Crippen LogP contribution in [0.15, 0.2) is 66.7 Å². The summed E-state index contributed by atoms with van der Waals surface area (Å²) in [6, 6.07) is 19.0. The molecule has 0 fully saturated rings. The van der Waals surface area contributed by atoms with E-state index in [2.05, 4.69) is 16.2 Å². The van der Waals surface area contributed by atoms with Crippen molar-refractivity contribution in [2.24, 2.45) is 0 Å². The summed E-state index contributed by atoms with van der Waals surface area (Å²) in [5.41, 5.74) is 5.85. The van der Waals surface area contributed by atoms with Crippen LogP contribution in [-0.4, -0.2) is 23.8 Å². The normalized spacial score (nSPS) is 11.5. The Hall–Kier alpha value is -3.38. The molecular formula is C22H20ClN3O3. The maximum Gasteiger partial charge on any atom is 0.269 e. The summed E-state index contributed by atoms with van der Waals surface area (Å²) in [5, 5.41) is 5.20. The maximum atomic E-state index is 12.4. The number of hydrogen-bond donors (Lipinski definition) is 3. The predicted molar refractivity (Wildman–Crippen MR) is 112 cm³/mol. The Kier molecular flexibility index (Phi) is 6.46. The Morgan fingerprint density at radius 3 is 2.34 bits per heavy atom. The van der Waals surface area contributed by atoms with Crippen LogP contribution >= 0.6 is 11.6 Å². The molecule has 0 saturated carbocycles. The Labute approximate surface area is 173 Å². The predicted octanol–water partition coefficient (Wildman–Crippen LogP) is 3.00. The number of nitrogens with one attached hydrogen (secondary N) is 3. The van der Waals surface area contributed by atoms with Gasteiger partial charge < -0.3 is 5.32 Å². The highest BCUT2D eigenvalue weighted by Gasteiger charge is 2.17. The minimum Gasteiger partial charge on any atom is -0.344 e. The van der Waals surface area contributed by atoms with Gasteiger partial charge in [0.25, 0.3) is 11.8 Å². The number of carbonyl (C=O) groups excluding carboxylic acids is 3. The second-order valence-corrected chi connectivity index (χ2v) is 6.99. The van der Waals surface area contributed by atoms with Crippen molar-refractivity contribution >= 4 is 40.1 Å². The Morgan fingerprint density at radius 1 is 0.897 bits per heavy atom. The minimum atomic E-state index is -0.817. The smallest absolute Gasteiger partial charge is 0.269 e. The summed E-state index contributed by atoms with van der Waals surface area (Å²) in [5.74, 6) is -1.30. The molecule has 0 bridgehead atoms. The van der Waals surface area contributed by atoms with E-state index in [-0.39, 0.29) is 12.3 Å². The number of halogens is 1. The molecule has 3 amide bonds. The van der Waals surface area contributed by atoms with Crippen LogP contribution < -0.4 is 16.2 Å². The fourth-order valence-corrected chi connectivity index (χ4v) is 3.00. The molecular weight excluding hydrogens is 390 g/mol. The van der Waals surface area contributed by atoms with Crippen molar-refractivity contribution in [3.63, 3.8) is 0 Å². The maximum absolute atomic E-state index is 12.4. The van der Waals surface area contributed by atoms with Crippen molar-refractivity contribution in [1.82, 2.24) is 16.2 Å². The zero-order valence-corrected chi connectivity index (χ0v) is 16.5. The van der Waals surface area contributed by atoms with Gasteiger partial charge in [0.1, 0.15) is 6.04 Å². The van der Waals surface area contributed by atoms with Crippen LogP contribution in [0.5, 0.6) is 0 Å². The van der Waals surface area contributed by atoms with Crippen molar-refractivity contribution in [3.8, 4) is 0 Å². The van der Waals surface area contributed by atoms with Crippen LogP contribution in [0.1, 0.15) is 22.8 Å². The van der Waals surface area contributed by atoms with Gasteiger partial charge in [-0.15, -0.1) is 0 Å². The van der Waals surface area contributed by atoms with Gasteiger partial charge in [-0.1, -0.05) is 54.1 Å². The van der Waals surface area contributed by atoms with E-state index < -0.39 is 17.9 Å². The zero-order valence-electron chi connectivity index (χ0n) is 15.7. The minimum absolute atomic E-state index is 0.149. The van der Waals surface area contributed by atoms with Gasteiger partial charge in [0.05, 0.1) is 6.42 Å². The molecule has 3 rings (SSSR count). The Morgan fingerprint density at radius 2 is 1.59 bits per heavy atom. The quantitative estimate of drug-likeness (QED) is 0.566. The van der Waals surface area contributed by atoms with Crippen molar-refractivity contribution < 1.29 is 14.4 Å². The summed E-state index contributed by atoms with van der Waals surface area (Å²) in [7, 11) is 0. The van der Waals surface area contributed by atoms with Crippen LogP contribution in [0.4, 0.5) is 0 Å². The molecule has 7 heteroatoms. The van der Waals surface area contributed by atoms with Gasteiger partial charge in [-0.25, -0.2) is 0 Å². The average molecular weight is 410 g/mol. The molecule has 148 valence electrons. The lowest BCUT2D eigenvalue weighted by Crippen LogP contribution is -2.51. The lowest BCUT2D eigenvalue weighted by molar-refractivity contribution is -0.128. The molecule has 3 aromatic carbocycles. The molecule has 0 aliphatic rings. The third kappa shape index (κ3) is 5.33. The Balaban J connectivity index is 1.53. The van der Waals surface area contributed by atoms with E-state index in [1.807, 2.05) is 42.5 Å². The van der Waals surface area contributed by atoms with E-state index in [0.717, 1.165) is 16.3 Å². The first kappa shape index (κ1) is 20.4. The van der Waals surface area contributed by atoms with E-state index in [9.17, 15) is 14.4 Å². The fraction of sp³-hybridized carbons (Fsp3) is 0.136. The first-order valence-electron chi connectivity index (χ1n) is 9.06. The standard InChI is InChI=1S/C22H20ClN3O3/c1-14(21(28)25-26-22(29)16-9-11-18(23)12-10-16)24-20(27)13-17-7-4-6-15-5-2-3-8-19(15)17/h2-12,14H,13H2,1H3,(H,24,27)(H,25,28)(H,26,29)/t14-/m1/s1. The SMILES string of the molecule is C[C@@H](NC(=O)Cc1cccc2ccccc12)C(=O)NNC(=O)c1ccc(Cl)cc1. The Bertz CT molecular complexity index is 1050. The second kappa shape index (κ2) is 9.21. The molecule has 0 saturated heterocycles. The highest BCUT2D eigenvalue weighted by Crippen LogP contribution is 2.18. The topological polar surface area (TPSA) is 87.3 Å². The average Bonchev–Trinajstić information content (AvgIpc) is 2.72. The van der Waals surface area contributed by atoms with Crippen molar-refractivity contribution in [3.05, 3.63) is 82.9 Å². The molecule has 0 radical (unpaired) electrons. The van der Waals surface area contributed by atoms with Crippen LogP contribution in [0.3, 0.4) is 0 Å². The van der Waals surface area contributed by atoms with E-state index in [0.29, 0.717) is 10.6 Å².